The lowest BCUT2D eigenvalue weighted by molar-refractivity contribution is 0.166. The van der Waals surface area contributed by atoms with E-state index < -0.39 is 10.0 Å². The average Bonchev–Trinajstić information content (AvgIpc) is 3.11. The predicted octanol–water partition coefficient (Wildman–Crippen LogP) is 0.448. The molecule has 20 heavy (non-hydrogen) atoms. The van der Waals surface area contributed by atoms with Gasteiger partial charge in [-0.15, -0.1) is 0 Å². The van der Waals surface area contributed by atoms with E-state index in [1.807, 2.05) is 0 Å². The van der Waals surface area contributed by atoms with Crippen LogP contribution in [0.1, 0.15) is 43.3 Å². The lowest BCUT2D eigenvalue weighted by Crippen LogP contribution is -2.36. The van der Waals surface area contributed by atoms with Gasteiger partial charge in [0.25, 0.3) is 0 Å². The molecule has 2 aliphatic rings. The van der Waals surface area contributed by atoms with Crippen LogP contribution in [0.5, 0.6) is 0 Å². The highest BCUT2D eigenvalue weighted by molar-refractivity contribution is 7.89. The molecule has 2 N–H and O–H groups in total. The first-order chi connectivity index (χ1) is 9.49. The third-order valence-corrected chi connectivity index (χ3v) is 4.90. The van der Waals surface area contributed by atoms with Crippen molar-refractivity contribution in [2.24, 2.45) is 11.1 Å². The lowest BCUT2D eigenvalue weighted by atomic mass is 9.99. The molecular formula is C12H20N4O3S. The van der Waals surface area contributed by atoms with Gasteiger partial charge in [-0.3, -0.25) is 4.90 Å². The zero-order valence-electron chi connectivity index (χ0n) is 11.4. The van der Waals surface area contributed by atoms with Gasteiger partial charge >= 0.3 is 0 Å². The van der Waals surface area contributed by atoms with E-state index in [4.69, 9.17) is 9.66 Å². The van der Waals surface area contributed by atoms with E-state index in [1.54, 1.807) is 0 Å². The highest BCUT2D eigenvalue weighted by atomic mass is 32.2. The van der Waals surface area contributed by atoms with Crippen molar-refractivity contribution in [2.75, 3.05) is 18.8 Å². The van der Waals surface area contributed by atoms with Crippen LogP contribution < -0.4 is 5.14 Å². The van der Waals surface area contributed by atoms with Crippen LogP contribution in [-0.2, 0) is 16.6 Å². The number of aromatic nitrogens is 2. The minimum absolute atomic E-state index is 0.0905. The Balaban J connectivity index is 1.48. The number of rotatable bonds is 5. The maximum absolute atomic E-state index is 11.1. The van der Waals surface area contributed by atoms with Gasteiger partial charge in [0.15, 0.2) is 5.82 Å². The zero-order chi connectivity index (χ0) is 14.2. The summed E-state index contributed by atoms with van der Waals surface area (Å²) >= 11 is 0. The summed E-state index contributed by atoms with van der Waals surface area (Å²) in [6.45, 7) is 2.35. The standard InChI is InChI=1S/C12H20N4O3S/c13-20(17,18)8-9-3-5-16(6-4-9)7-11-14-12(15-19-11)10-1-2-10/h9-10H,1-8H2,(H2,13,17,18). The van der Waals surface area contributed by atoms with E-state index in [1.165, 1.54) is 0 Å². The van der Waals surface area contributed by atoms with Crippen LogP contribution in [-0.4, -0.2) is 42.3 Å². The first-order valence-corrected chi connectivity index (χ1v) is 8.76. The fraction of sp³-hybridized carbons (Fsp3) is 0.833. The molecule has 0 aromatic carbocycles. The summed E-state index contributed by atoms with van der Waals surface area (Å²) in [7, 11) is -3.36. The van der Waals surface area contributed by atoms with Crippen molar-refractivity contribution in [1.82, 2.24) is 15.0 Å². The molecule has 2 fully saturated rings. The predicted molar refractivity (Wildman–Crippen MR) is 72.2 cm³/mol. The number of likely N-dealkylation sites (tertiary alicyclic amines) is 1. The van der Waals surface area contributed by atoms with Crippen molar-refractivity contribution in [2.45, 2.75) is 38.1 Å². The van der Waals surface area contributed by atoms with E-state index in [0.29, 0.717) is 18.4 Å². The Kier molecular flexibility index (Phi) is 3.78. The van der Waals surface area contributed by atoms with E-state index in [9.17, 15) is 8.42 Å². The second-order valence-corrected chi connectivity index (χ2v) is 7.53. The smallest absolute Gasteiger partial charge is 0.240 e. The van der Waals surface area contributed by atoms with Gasteiger partial charge in [0.1, 0.15) is 0 Å². The topological polar surface area (TPSA) is 102 Å². The Bertz CT molecular complexity index is 559. The Morgan fingerprint density at radius 1 is 1.25 bits per heavy atom. The van der Waals surface area contributed by atoms with Crippen molar-refractivity contribution < 1.29 is 12.9 Å². The summed E-state index contributed by atoms with van der Waals surface area (Å²) in [5, 5.41) is 9.09. The number of hydrogen-bond donors (Lipinski definition) is 1. The molecule has 0 spiro atoms. The first kappa shape index (κ1) is 14.0. The van der Waals surface area contributed by atoms with Gasteiger partial charge in [-0.05, 0) is 44.7 Å². The average molecular weight is 300 g/mol. The molecule has 0 amide bonds. The highest BCUT2D eigenvalue weighted by Gasteiger charge is 2.29. The lowest BCUT2D eigenvalue weighted by Gasteiger charge is -2.30. The maximum atomic E-state index is 11.1. The van der Waals surface area contributed by atoms with Gasteiger partial charge in [0.05, 0.1) is 12.3 Å². The number of primary sulfonamides is 1. The van der Waals surface area contributed by atoms with Gasteiger partial charge < -0.3 is 4.52 Å². The van der Waals surface area contributed by atoms with E-state index >= 15 is 0 Å². The van der Waals surface area contributed by atoms with Crippen LogP contribution in [0, 0.1) is 5.92 Å². The number of nitrogens with two attached hydrogens (primary N) is 1. The summed E-state index contributed by atoms with van der Waals surface area (Å²) in [6.07, 6.45) is 4.02. The molecule has 1 aliphatic carbocycles. The molecule has 1 saturated carbocycles. The molecule has 0 unspecified atom stereocenters. The van der Waals surface area contributed by atoms with Crippen molar-refractivity contribution >= 4 is 10.0 Å². The summed E-state index contributed by atoms with van der Waals surface area (Å²) in [5.74, 6) is 2.27. The quantitative estimate of drug-likeness (QED) is 0.847. The van der Waals surface area contributed by atoms with Crippen molar-refractivity contribution in [3.63, 3.8) is 0 Å². The molecule has 2 heterocycles. The van der Waals surface area contributed by atoms with Crippen molar-refractivity contribution in [3.05, 3.63) is 11.7 Å². The van der Waals surface area contributed by atoms with Crippen molar-refractivity contribution in [3.8, 4) is 0 Å². The molecule has 0 atom stereocenters. The third-order valence-electron chi connectivity index (χ3n) is 3.96. The van der Waals surface area contributed by atoms with Gasteiger partial charge in [-0.25, -0.2) is 13.6 Å². The molecule has 0 bridgehead atoms. The summed E-state index contributed by atoms with van der Waals surface area (Å²) in [4.78, 5) is 6.64. The van der Waals surface area contributed by atoms with Crippen LogP contribution in [0.25, 0.3) is 0 Å². The molecule has 0 radical (unpaired) electrons. The molecule has 112 valence electrons. The van der Waals surface area contributed by atoms with Crippen LogP contribution in [0.4, 0.5) is 0 Å². The minimum Gasteiger partial charge on any atom is -0.338 e. The molecule has 1 aromatic rings. The fourth-order valence-corrected chi connectivity index (χ4v) is 3.66. The number of hydrogen-bond acceptors (Lipinski definition) is 6. The minimum atomic E-state index is -3.36. The third kappa shape index (κ3) is 3.77. The van der Waals surface area contributed by atoms with Gasteiger partial charge in [-0.2, -0.15) is 4.98 Å². The zero-order valence-corrected chi connectivity index (χ0v) is 12.2. The molecule has 8 heteroatoms. The van der Waals surface area contributed by atoms with E-state index in [-0.39, 0.29) is 11.7 Å². The molecule has 7 nitrogen and oxygen atoms in total. The number of sulfonamides is 1. The largest absolute Gasteiger partial charge is 0.338 e. The summed E-state index contributed by atoms with van der Waals surface area (Å²) in [5.41, 5.74) is 0. The normalized spacial score (nSPS) is 22.2. The van der Waals surface area contributed by atoms with E-state index in [2.05, 4.69) is 15.0 Å². The Morgan fingerprint density at radius 2 is 1.95 bits per heavy atom. The van der Waals surface area contributed by atoms with Crippen LogP contribution >= 0.6 is 0 Å². The Morgan fingerprint density at radius 3 is 2.55 bits per heavy atom. The fourth-order valence-electron chi connectivity index (χ4n) is 2.67. The Labute approximate surface area is 118 Å². The molecule has 1 aliphatic heterocycles. The second kappa shape index (κ2) is 5.42. The van der Waals surface area contributed by atoms with E-state index in [0.717, 1.165) is 44.6 Å². The van der Waals surface area contributed by atoms with Gasteiger partial charge in [-0.1, -0.05) is 5.16 Å². The summed E-state index contributed by atoms with van der Waals surface area (Å²) < 4.78 is 27.4. The molecular weight excluding hydrogens is 280 g/mol. The number of piperidine rings is 1. The van der Waals surface area contributed by atoms with Crippen LogP contribution in [0.3, 0.4) is 0 Å². The first-order valence-electron chi connectivity index (χ1n) is 7.05. The Hall–Kier alpha value is -0.990. The molecule has 1 aromatic heterocycles. The second-order valence-electron chi connectivity index (χ2n) is 5.87. The molecule has 3 rings (SSSR count). The van der Waals surface area contributed by atoms with Crippen molar-refractivity contribution in [1.29, 1.82) is 0 Å². The van der Waals surface area contributed by atoms with Gasteiger partial charge in [0.2, 0.25) is 15.9 Å². The maximum Gasteiger partial charge on any atom is 0.240 e. The number of nitrogens with zero attached hydrogens (tertiary/aromatic N) is 3. The monoisotopic (exact) mass is 300 g/mol. The summed E-state index contributed by atoms with van der Waals surface area (Å²) in [6, 6.07) is 0. The van der Waals surface area contributed by atoms with Gasteiger partial charge in [0, 0.05) is 5.92 Å². The van der Waals surface area contributed by atoms with Crippen LogP contribution in [0.15, 0.2) is 4.52 Å². The molecule has 1 saturated heterocycles. The van der Waals surface area contributed by atoms with Crippen LogP contribution in [0.2, 0.25) is 0 Å². The highest BCUT2D eigenvalue weighted by Crippen LogP contribution is 2.38. The SMILES string of the molecule is NS(=O)(=O)CC1CCN(Cc2nc(C3CC3)no2)CC1.